The van der Waals surface area contributed by atoms with Crippen LogP contribution in [0.5, 0.6) is 0 Å². The molecular formula is C19H30N4O. The van der Waals surface area contributed by atoms with Crippen LogP contribution < -0.4 is 16.0 Å². The maximum absolute atomic E-state index is 11.2. The van der Waals surface area contributed by atoms with E-state index < -0.39 is 0 Å². The molecule has 5 heteroatoms. The maximum Gasteiger partial charge on any atom is 0.221 e. The molecule has 0 aliphatic heterocycles. The van der Waals surface area contributed by atoms with Gasteiger partial charge in [0, 0.05) is 25.7 Å². The number of nitrogens with zero attached hydrogens (tertiary/aromatic N) is 1. The molecule has 3 N–H and O–H groups in total. The van der Waals surface area contributed by atoms with Crippen molar-refractivity contribution in [2.24, 2.45) is 10.4 Å². The van der Waals surface area contributed by atoms with E-state index in [1.807, 2.05) is 24.3 Å². The summed E-state index contributed by atoms with van der Waals surface area (Å²) in [6.07, 6.45) is 5.20. The number of benzene rings is 1. The van der Waals surface area contributed by atoms with Crippen molar-refractivity contribution in [3.8, 4) is 0 Å². The largest absolute Gasteiger partial charge is 0.357 e. The maximum atomic E-state index is 11.2. The smallest absolute Gasteiger partial charge is 0.221 e. The molecule has 1 aliphatic carbocycles. The molecule has 0 heterocycles. The van der Waals surface area contributed by atoms with Crippen LogP contribution in [0, 0.1) is 5.41 Å². The van der Waals surface area contributed by atoms with Crippen molar-refractivity contribution in [3.63, 3.8) is 0 Å². The van der Waals surface area contributed by atoms with Gasteiger partial charge in [0.05, 0.1) is 6.54 Å². The Bertz CT molecular complexity index is 573. The van der Waals surface area contributed by atoms with E-state index in [2.05, 4.69) is 34.8 Å². The highest BCUT2D eigenvalue weighted by molar-refractivity contribution is 5.88. The van der Waals surface area contributed by atoms with E-state index in [0.29, 0.717) is 12.0 Å². The van der Waals surface area contributed by atoms with E-state index in [9.17, 15) is 4.79 Å². The van der Waals surface area contributed by atoms with Crippen LogP contribution in [0.25, 0.3) is 0 Å². The van der Waals surface area contributed by atoms with E-state index in [4.69, 9.17) is 0 Å². The third-order valence-electron chi connectivity index (χ3n) is 4.81. The summed E-state index contributed by atoms with van der Waals surface area (Å²) in [6.45, 7) is 8.29. The second kappa shape index (κ2) is 8.71. The Morgan fingerprint density at radius 2 is 2.04 bits per heavy atom. The number of anilines is 1. The zero-order valence-corrected chi connectivity index (χ0v) is 15.1. The SMILES string of the molecule is CCNC(=NCc1cccc(NC(C)=O)c1)NCC1(CC)CCC1. The number of nitrogens with one attached hydrogen (secondary N) is 3. The predicted octanol–water partition coefficient (Wildman–Crippen LogP) is 3.28. The van der Waals surface area contributed by atoms with Gasteiger partial charge in [0.25, 0.3) is 0 Å². The molecule has 0 bridgehead atoms. The van der Waals surface area contributed by atoms with Crippen LogP contribution in [0.15, 0.2) is 29.3 Å². The molecule has 2 rings (SSSR count). The van der Waals surface area contributed by atoms with Crippen LogP contribution >= 0.6 is 0 Å². The summed E-state index contributed by atoms with van der Waals surface area (Å²) in [5.41, 5.74) is 2.35. The molecule has 0 aromatic heterocycles. The lowest BCUT2D eigenvalue weighted by atomic mass is 9.67. The van der Waals surface area contributed by atoms with Gasteiger partial charge in [-0.25, -0.2) is 4.99 Å². The van der Waals surface area contributed by atoms with E-state index >= 15 is 0 Å². The van der Waals surface area contributed by atoms with E-state index in [1.54, 1.807) is 0 Å². The molecule has 1 aliphatic rings. The van der Waals surface area contributed by atoms with Crippen molar-refractivity contribution in [1.29, 1.82) is 0 Å². The molecule has 0 radical (unpaired) electrons. The molecule has 0 spiro atoms. The molecule has 1 aromatic carbocycles. The normalized spacial score (nSPS) is 16.2. The van der Waals surface area contributed by atoms with E-state index in [0.717, 1.165) is 30.3 Å². The number of aliphatic imine (C=N–C) groups is 1. The Kier molecular flexibility index (Phi) is 6.64. The Hall–Kier alpha value is -2.04. The lowest BCUT2D eigenvalue weighted by Gasteiger charge is -2.41. The number of hydrogen-bond donors (Lipinski definition) is 3. The molecule has 5 nitrogen and oxygen atoms in total. The first-order valence-electron chi connectivity index (χ1n) is 8.95. The number of rotatable bonds is 7. The topological polar surface area (TPSA) is 65.5 Å². The lowest BCUT2D eigenvalue weighted by Crippen LogP contribution is -2.46. The van der Waals surface area contributed by atoms with Gasteiger partial charge in [-0.2, -0.15) is 0 Å². The first kappa shape index (κ1) is 18.3. The number of carbonyl (C=O) groups is 1. The summed E-state index contributed by atoms with van der Waals surface area (Å²) < 4.78 is 0. The fraction of sp³-hybridized carbons (Fsp3) is 0.579. The van der Waals surface area contributed by atoms with E-state index in [1.165, 1.54) is 32.6 Å². The van der Waals surface area contributed by atoms with Gasteiger partial charge >= 0.3 is 0 Å². The average molecular weight is 330 g/mol. The molecule has 0 atom stereocenters. The Balaban J connectivity index is 1.96. The minimum atomic E-state index is -0.0592. The molecule has 1 aromatic rings. The van der Waals surface area contributed by atoms with Crippen molar-refractivity contribution in [2.75, 3.05) is 18.4 Å². The first-order valence-corrected chi connectivity index (χ1v) is 8.95. The minimum absolute atomic E-state index is 0.0592. The first-order chi connectivity index (χ1) is 11.6. The van der Waals surface area contributed by atoms with Crippen molar-refractivity contribution < 1.29 is 4.79 Å². The fourth-order valence-electron chi connectivity index (χ4n) is 3.07. The van der Waals surface area contributed by atoms with Gasteiger partial charge in [-0.05, 0) is 49.3 Å². The van der Waals surface area contributed by atoms with Crippen LogP contribution in [-0.2, 0) is 11.3 Å². The third-order valence-corrected chi connectivity index (χ3v) is 4.81. The number of carbonyl (C=O) groups excluding carboxylic acids is 1. The van der Waals surface area contributed by atoms with Gasteiger partial charge in [-0.15, -0.1) is 0 Å². The van der Waals surface area contributed by atoms with Crippen LogP contribution in [0.4, 0.5) is 5.69 Å². The van der Waals surface area contributed by atoms with Crippen LogP contribution in [-0.4, -0.2) is 25.0 Å². The van der Waals surface area contributed by atoms with Crippen molar-refractivity contribution >= 4 is 17.6 Å². The summed E-state index contributed by atoms with van der Waals surface area (Å²) in [5, 5.41) is 9.62. The van der Waals surface area contributed by atoms with Gasteiger partial charge in [0.15, 0.2) is 5.96 Å². The highest BCUT2D eigenvalue weighted by atomic mass is 16.1. The van der Waals surface area contributed by atoms with Gasteiger partial charge in [-0.1, -0.05) is 25.5 Å². The Morgan fingerprint density at radius 1 is 1.25 bits per heavy atom. The average Bonchev–Trinajstić information content (AvgIpc) is 2.51. The summed E-state index contributed by atoms with van der Waals surface area (Å²) in [5.74, 6) is 0.804. The Morgan fingerprint density at radius 3 is 2.62 bits per heavy atom. The standard InChI is InChI=1S/C19H30N4O/c1-4-19(10-7-11-19)14-22-18(20-5-2)21-13-16-8-6-9-17(12-16)23-15(3)24/h6,8-9,12H,4-5,7,10-11,13-14H2,1-3H3,(H,23,24)(H2,20,21,22). The van der Waals surface area contributed by atoms with Gasteiger partial charge in [0.1, 0.15) is 0 Å². The number of amides is 1. The molecule has 1 amide bonds. The van der Waals surface area contributed by atoms with Gasteiger partial charge in [-0.3, -0.25) is 4.79 Å². The molecule has 0 saturated heterocycles. The van der Waals surface area contributed by atoms with Crippen LogP contribution in [0.2, 0.25) is 0 Å². The van der Waals surface area contributed by atoms with Crippen molar-refractivity contribution in [2.45, 2.75) is 53.0 Å². The summed E-state index contributed by atoms with van der Waals surface area (Å²) >= 11 is 0. The van der Waals surface area contributed by atoms with Crippen LogP contribution in [0.1, 0.15) is 52.0 Å². The molecule has 1 fully saturated rings. The molecular weight excluding hydrogens is 300 g/mol. The van der Waals surface area contributed by atoms with Gasteiger partial charge < -0.3 is 16.0 Å². The predicted molar refractivity (Wildman–Crippen MR) is 100 cm³/mol. The quantitative estimate of drug-likeness (QED) is 0.531. The zero-order chi connectivity index (χ0) is 17.4. The zero-order valence-electron chi connectivity index (χ0n) is 15.1. The molecule has 24 heavy (non-hydrogen) atoms. The summed E-state index contributed by atoms with van der Waals surface area (Å²) in [6, 6.07) is 7.82. The number of guanidine groups is 1. The monoisotopic (exact) mass is 330 g/mol. The summed E-state index contributed by atoms with van der Waals surface area (Å²) in [7, 11) is 0. The molecule has 0 unspecified atom stereocenters. The van der Waals surface area contributed by atoms with Crippen molar-refractivity contribution in [1.82, 2.24) is 10.6 Å². The van der Waals surface area contributed by atoms with E-state index in [-0.39, 0.29) is 5.91 Å². The van der Waals surface area contributed by atoms with Crippen LogP contribution in [0.3, 0.4) is 0 Å². The third kappa shape index (κ3) is 5.25. The molecule has 132 valence electrons. The fourth-order valence-corrected chi connectivity index (χ4v) is 3.07. The number of hydrogen-bond acceptors (Lipinski definition) is 2. The van der Waals surface area contributed by atoms with Crippen molar-refractivity contribution in [3.05, 3.63) is 29.8 Å². The highest BCUT2D eigenvalue weighted by Crippen LogP contribution is 2.42. The second-order valence-corrected chi connectivity index (χ2v) is 6.64. The second-order valence-electron chi connectivity index (χ2n) is 6.64. The molecule has 1 saturated carbocycles. The van der Waals surface area contributed by atoms with Gasteiger partial charge in [0.2, 0.25) is 5.91 Å². The highest BCUT2D eigenvalue weighted by Gasteiger charge is 2.34. The minimum Gasteiger partial charge on any atom is -0.357 e. The summed E-state index contributed by atoms with van der Waals surface area (Å²) in [4.78, 5) is 15.8. The Labute approximate surface area is 145 Å². The lowest BCUT2D eigenvalue weighted by molar-refractivity contribution is -0.114.